The van der Waals surface area contributed by atoms with E-state index < -0.39 is 0 Å². The topological polar surface area (TPSA) is 43.1 Å². The molecule has 0 bridgehead atoms. The number of nitrogens with two attached hydrogens (primary N) is 1. The van der Waals surface area contributed by atoms with Crippen molar-refractivity contribution >= 4 is 50.3 Å². The summed E-state index contributed by atoms with van der Waals surface area (Å²) in [5, 5.41) is 0. The smallest absolute Gasteiger partial charge is 0.203 e. The first kappa shape index (κ1) is 13.6. The van der Waals surface area contributed by atoms with E-state index in [0.717, 1.165) is 15.6 Å². The molecule has 18 heavy (non-hydrogen) atoms. The third-order valence-corrected chi connectivity index (χ3v) is 5.20. The zero-order chi connectivity index (χ0) is 13.4. The van der Waals surface area contributed by atoms with Gasteiger partial charge in [-0.05, 0) is 53.0 Å². The molecule has 0 spiro atoms. The minimum absolute atomic E-state index is 0.0446. The van der Waals surface area contributed by atoms with Crippen LogP contribution < -0.4 is 5.73 Å². The zero-order valence-electron chi connectivity index (χ0n) is 9.88. The van der Waals surface area contributed by atoms with E-state index in [9.17, 15) is 4.79 Å². The molecule has 1 aromatic carbocycles. The first-order valence-corrected chi connectivity index (χ1v) is 7.25. The number of benzene rings is 1. The van der Waals surface area contributed by atoms with Crippen LogP contribution in [0, 0.1) is 13.8 Å². The van der Waals surface area contributed by atoms with Crippen molar-refractivity contribution in [2.75, 3.05) is 5.73 Å². The standard InChI is InChI=1S/C13H11BrClNOS/c1-6-3-7(2)10(16)4-8(6)12(17)11-5-9(14)13(15)18-11/h3-5H,16H2,1-2H3. The number of rotatable bonds is 2. The lowest BCUT2D eigenvalue weighted by Gasteiger charge is -2.07. The van der Waals surface area contributed by atoms with Gasteiger partial charge in [0.1, 0.15) is 4.34 Å². The molecular weight excluding hydrogens is 334 g/mol. The van der Waals surface area contributed by atoms with Crippen LogP contribution in [0.5, 0.6) is 0 Å². The summed E-state index contributed by atoms with van der Waals surface area (Å²) in [5.74, 6) is -0.0446. The van der Waals surface area contributed by atoms with Gasteiger partial charge >= 0.3 is 0 Å². The van der Waals surface area contributed by atoms with Crippen LogP contribution in [0.4, 0.5) is 5.69 Å². The summed E-state index contributed by atoms with van der Waals surface area (Å²) in [4.78, 5) is 13.0. The number of hydrogen-bond acceptors (Lipinski definition) is 3. The number of carbonyl (C=O) groups is 1. The van der Waals surface area contributed by atoms with Crippen molar-refractivity contribution in [3.63, 3.8) is 0 Å². The summed E-state index contributed by atoms with van der Waals surface area (Å²) in [7, 11) is 0. The van der Waals surface area contributed by atoms with E-state index in [1.54, 1.807) is 12.1 Å². The Balaban J connectivity index is 2.49. The van der Waals surface area contributed by atoms with Gasteiger partial charge in [-0.25, -0.2) is 0 Å². The number of ketones is 1. The van der Waals surface area contributed by atoms with E-state index in [-0.39, 0.29) is 5.78 Å². The van der Waals surface area contributed by atoms with Gasteiger partial charge in [-0.1, -0.05) is 17.7 Å². The van der Waals surface area contributed by atoms with Crippen molar-refractivity contribution in [2.45, 2.75) is 13.8 Å². The fraction of sp³-hybridized carbons (Fsp3) is 0.154. The maximum absolute atomic E-state index is 12.4. The molecular formula is C13H11BrClNOS. The van der Waals surface area contributed by atoms with Gasteiger partial charge in [-0.15, -0.1) is 11.3 Å². The Morgan fingerprint density at radius 2 is 1.94 bits per heavy atom. The second-order valence-corrected chi connectivity index (χ2v) is 6.59. The van der Waals surface area contributed by atoms with Gasteiger partial charge in [0.25, 0.3) is 0 Å². The van der Waals surface area contributed by atoms with Gasteiger partial charge < -0.3 is 5.73 Å². The highest BCUT2D eigenvalue weighted by Crippen LogP contribution is 2.34. The third-order valence-electron chi connectivity index (χ3n) is 2.73. The summed E-state index contributed by atoms with van der Waals surface area (Å²) in [5.41, 5.74) is 9.02. The predicted molar refractivity (Wildman–Crippen MR) is 80.8 cm³/mol. The Bertz CT molecular complexity index is 617. The SMILES string of the molecule is Cc1cc(C)c(C(=O)c2cc(Br)c(Cl)s2)cc1N. The molecule has 0 unspecified atom stereocenters. The molecule has 0 saturated heterocycles. The van der Waals surface area contributed by atoms with E-state index in [0.29, 0.717) is 20.5 Å². The van der Waals surface area contributed by atoms with Crippen LogP contribution in [0.1, 0.15) is 26.4 Å². The van der Waals surface area contributed by atoms with E-state index in [1.165, 1.54) is 11.3 Å². The number of aryl methyl sites for hydroxylation is 2. The second-order valence-electron chi connectivity index (χ2n) is 4.09. The molecule has 0 atom stereocenters. The van der Waals surface area contributed by atoms with Crippen LogP contribution >= 0.6 is 38.9 Å². The first-order valence-electron chi connectivity index (χ1n) is 5.26. The molecule has 0 aliphatic heterocycles. The summed E-state index contributed by atoms with van der Waals surface area (Å²) in [6.07, 6.45) is 0. The summed E-state index contributed by atoms with van der Waals surface area (Å²) < 4.78 is 1.33. The third kappa shape index (κ3) is 2.46. The molecule has 0 aliphatic carbocycles. The zero-order valence-corrected chi connectivity index (χ0v) is 13.0. The molecule has 5 heteroatoms. The van der Waals surface area contributed by atoms with Crippen molar-refractivity contribution < 1.29 is 4.79 Å². The fourth-order valence-electron chi connectivity index (χ4n) is 1.70. The molecule has 0 radical (unpaired) electrons. The monoisotopic (exact) mass is 343 g/mol. The number of anilines is 1. The summed E-state index contributed by atoms with van der Waals surface area (Å²) >= 11 is 10.5. The fourth-order valence-corrected chi connectivity index (χ4v) is 3.36. The van der Waals surface area contributed by atoms with Crippen molar-refractivity contribution in [3.8, 4) is 0 Å². The number of halogens is 2. The van der Waals surface area contributed by atoms with Crippen molar-refractivity contribution in [1.29, 1.82) is 0 Å². The van der Waals surface area contributed by atoms with Gasteiger partial charge in [-0.3, -0.25) is 4.79 Å². The lowest BCUT2D eigenvalue weighted by atomic mass is 10.00. The van der Waals surface area contributed by atoms with Gasteiger partial charge in [0.05, 0.1) is 4.88 Å². The summed E-state index contributed by atoms with van der Waals surface area (Å²) in [6.45, 7) is 3.83. The molecule has 0 aliphatic rings. The van der Waals surface area contributed by atoms with Crippen molar-refractivity contribution in [2.24, 2.45) is 0 Å². The van der Waals surface area contributed by atoms with Crippen LogP contribution in [0.3, 0.4) is 0 Å². The van der Waals surface area contributed by atoms with Crippen LogP contribution in [0.2, 0.25) is 4.34 Å². The van der Waals surface area contributed by atoms with Gasteiger partial charge in [0.15, 0.2) is 0 Å². The molecule has 1 heterocycles. The second kappa shape index (κ2) is 5.03. The molecule has 2 aromatic rings. The molecule has 0 saturated carbocycles. The maximum atomic E-state index is 12.4. The highest BCUT2D eigenvalue weighted by molar-refractivity contribution is 9.10. The van der Waals surface area contributed by atoms with E-state index in [4.69, 9.17) is 17.3 Å². The average Bonchev–Trinajstić information content (AvgIpc) is 2.63. The van der Waals surface area contributed by atoms with Gasteiger partial charge in [0.2, 0.25) is 5.78 Å². The van der Waals surface area contributed by atoms with E-state index in [2.05, 4.69) is 15.9 Å². The number of nitrogen functional groups attached to an aromatic ring is 1. The normalized spacial score (nSPS) is 10.7. The Morgan fingerprint density at radius 3 is 2.50 bits per heavy atom. The minimum Gasteiger partial charge on any atom is -0.398 e. The molecule has 1 aromatic heterocycles. The Kier molecular flexibility index (Phi) is 3.80. The quantitative estimate of drug-likeness (QED) is 0.639. The Morgan fingerprint density at radius 1 is 1.28 bits per heavy atom. The molecule has 0 amide bonds. The predicted octanol–water partition coefficient (Wildman–Crippen LogP) is 4.59. The van der Waals surface area contributed by atoms with E-state index >= 15 is 0 Å². The van der Waals surface area contributed by atoms with Gasteiger partial charge in [-0.2, -0.15) is 0 Å². The summed E-state index contributed by atoms with van der Waals surface area (Å²) in [6, 6.07) is 5.40. The highest BCUT2D eigenvalue weighted by Gasteiger charge is 2.17. The molecule has 0 fully saturated rings. The van der Waals surface area contributed by atoms with Crippen LogP contribution in [-0.2, 0) is 0 Å². The van der Waals surface area contributed by atoms with Crippen LogP contribution in [0.25, 0.3) is 0 Å². The van der Waals surface area contributed by atoms with Crippen molar-refractivity contribution in [1.82, 2.24) is 0 Å². The molecule has 2 N–H and O–H groups in total. The van der Waals surface area contributed by atoms with Crippen LogP contribution in [0.15, 0.2) is 22.7 Å². The van der Waals surface area contributed by atoms with Crippen molar-refractivity contribution in [3.05, 3.63) is 48.6 Å². The number of carbonyl (C=O) groups excluding carboxylic acids is 1. The average molecular weight is 345 g/mol. The largest absolute Gasteiger partial charge is 0.398 e. The Hall–Kier alpha value is -0.840. The number of hydrogen-bond donors (Lipinski definition) is 1. The van der Waals surface area contributed by atoms with Gasteiger partial charge in [0, 0.05) is 15.7 Å². The highest BCUT2D eigenvalue weighted by atomic mass is 79.9. The first-order chi connectivity index (χ1) is 8.40. The van der Waals surface area contributed by atoms with E-state index in [1.807, 2.05) is 19.9 Å². The molecule has 94 valence electrons. The lowest BCUT2D eigenvalue weighted by Crippen LogP contribution is -2.04. The molecule has 2 rings (SSSR count). The number of thiophene rings is 1. The maximum Gasteiger partial charge on any atom is 0.203 e. The lowest BCUT2D eigenvalue weighted by molar-refractivity contribution is 0.104. The van der Waals surface area contributed by atoms with Crippen LogP contribution in [-0.4, -0.2) is 5.78 Å². The minimum atomic E-state index is -0.0446. The Labute approximate surface area is 123 Å². The molecule has 2 nitrogen and oxygen atoms in total.